The number of nitro groups is 1. The summed E-state index contributed by atoms with van der Waals surface area (Å²) in [4.78, 5) is 18.1. The number of hydrogen-bond acceptors (Lipinski definition) is 7. The van der Waals surface area contributed by atoms with Gasteiger partial charge in [0.05, 0.1) is 18.1 Å². The standard InChI is InChI=1S/C10H16N4O4/c1-3-5-18-10-8(14(15)16)9(12-7-13-10)11-4-6-17-2/h7H,3-6H2,1-2H3,(H,11,12,13). The molecule has 0 aliphatic carbocycles. The van der Waals surface area contributed by atoms with Crippen molar-refractivity contribution < 1.29 is 14.4 Å². The number of ether oxygens (including phenoxy) is 2. The maximum Gasteiger partial charge on any atom is 0.372 e. The number of nitrogens with one attached hydrogen (secondary N) is 1. The predicted octanol–water partition coefficient (Wildman–Crippen LogP) is 1.23. The Balaban J connectivity index is 2.90. The van der Waals surface area contributed by atoms with Gasteiger partial charge in [0, 0.05) is 13.7 Å². The molecule has 1 heterocycles. The first-order valence-corrected chi connectivity index (χ1v) is 5.55. The lowest BCUT2D eigenvalue weighted by atomic mass is 10.4. The van der Waals surface area contributed by atoms with Crippen LogP contribution in [0.25, 0.3) is 0 Å². The Morgan fingerprint density at radius 3 is 2.83 bits per heavy atom. The average Bonchev–Trinajstić information content (AvgIpc) is 2.36. The van der Waals surface area contributed by atoms with E-state index in [4.69, 9.17) is 9.47 Å². The molecule has 0 saturated heterocycles. The first-order chi connectivity index (χ1) is 8.70. The van der Waals surface area contributed by atoms with Gasteiger partial charge in [0.15, 0.2) is 0 Å². The Morgan fingerprint density at radius 2 is 2.22 bits per heavy atom. The van der Waals surface area contributed by atoms with Gasteiger partial charge in [-0.2, -0.15) is 4.98 Å². The van der Waals surface area contributed by atoms with E-state index in [9.17, 15) is 10.1 Å². The fourth-order valence-electron chi connectivity index (χ4n) is 1.23. The second kappa shape index (κ2) is 7.38. The zero-order chi connectivity index (χ0) is 13.4. The summed E-state index contributed by atoms with van der Waals surface area (Å²) in [5.74, 6) is 0.120. The van der Waals surface area contributed by atoms with E-state index in [0.29, 0.717) is 19.8 Å². The quantitative estimate of drug-likeness (QED) is 0.424. The van der Waals surface area contributed by atoms with E-state index in [1.54, 1.807) is 7.11 Å². The van der Waals surface area contributed by atoms with Crippen molar-refractivity contribution in [2.45, 2.75) is 13.3 Å². The fraction of sp³-hybridized carbons (Fsp3) is 0.600. The maximum absolute atomic E-state index is 11.0. The van der Waals surface area contributed by atoms with Gasteiger partial charge in [-0.05, 0) is 6.42 Å². The summed E-state index contributed by atoms with van der Waals surface area (Å²) in [5, 5.41) is 13.8. The van der Waals surface area contributed by atoms with E-state index in [2.05, 4.69) is 15.3 Å². The lowest BCUT2D eigenvalue weighted by Gasteiger charge is -2.08. The molecule has 1 aromatic rings. The first kappa shape index (κ1) is 14.1. The lowest BCUT2D eigenvalue weighted by molar-refractivity contribution is -0.385. The van der Waals surface area contributed by atoms with Crippen LogP contribution < -0.4 is 10.1 Å². The van der Waals surface area contributed by atoms with Crippen LogP contribution in [-0.2, 0) is 4.74 Å². The van der Waals surface area contributed by atoms with Crippen molar-refractivity contribution in [1.82, 2.24) is 9.97 Å². The highest BCUT2D eigenvalue weighted by atomic mass is 16.6. The topological polar surface area (TPSA) is 99.4 Å². The molecule has 0 aromatic carbocycles. The molecule has 8 nitrogen and oxygen atoms in total. The third-order valence-corrected chi connectivity index (χ3v) is 2.01. The van der Waals surface area contributed by atoms with Crippen molar-refractivity contribution in [2.24, 2.45) is 0 Å². The molecule has 1 aromatic heterocycles. The summed E-state index contributed by atoms with van der Waals surface area (Å²) >= 11 is 0. The van der Waals surface area contributed by atoms with Crippen molar-refractivity contribution in [3.63, 3.8) is 0 Å². The molecule has 18 heavy (non-hydrogen) atoms. The number of aromatic nitrogens is 2. The molecule has 0 bridgehead atoms. The Kier molecular flexibility index (Phi) is 5.78. The zero-order valence-electron chi connectivity index (χ0n) is 10.4. The SMILES string of the molecule is CCCOc1ncnc(NCCOC)c1[N+](=O)[O-]. The van der Waals surface area contributed by atoms with E-state index in [1.165, 1.54) is 6.33 Å². The van der Waals surface area contributed by atoms with E-state index in [-0.39, 0.29) is 17.4 Å². The maximum atomic E-state index is 11.0. The third-order valence-electron chi connectivity index (χ3n) is 2.01. The van der Waals surface area contributed by atoms with E-state index in [0.717, 1.165) is 6.42 Å². The van der Waals surface area contributed by atoms with Crippen molar-refractivity contribution in [3.05, 3.63) is 16.4 Å². The molecular formula is C10H16N4O4. The van der Waals surface area contributed by atoms with Gasteiger partial charge >= 0.3 is 5.69 Å². The van der Waals surface area contributed by atoms with Gasteiger partial charge in [-0.15, -0.1) is 0 Å². The predicted molar refractivity (Wildman–Crippen MR) is 64.8 cm³/mol. The van der Waals surface area contributed by atoms with Crippen molar-refractivity contribution in [2.75, 3.05) is 32.2 Å². The molecule has 0 aliphatic rings. The first-order valence-electron chi connectivity index (χ1n) is 5.55. The fourth-order valence-corrected chi connectivity index (χ4v) is 1.23. The summed E-state index contributed by atoms with van der Waals surface area (Å²) < 4.78 is 10.1. The highest BCUT2D eigenvalue weighted by Gasteiger charge is 2.23. The number of methoxy groups -OCH3 is 1. The van der Waals surface area contributed by atoms with Crippen LogP contribution in [0.1, 0.15) is 13.3 Å². The highest BCUT2D eigenvalue weighted by molar-refractivity contribution is 5.61. The molecule has 1 N–H and O–H groups in total. The summed E-state index contributed by atoms with van der Waals surface area (Å²) in [7, 11) is 1.55. The van der Waals surface area contributed by atoms with E-state index < -0.39 is 4.92 Å². The summed E-state index contributed by atoms with van der Waals surface area (Å²) in [6, 6.07) is 0. The summed E-state index contributed by atoms with van der Waals surface area (Å²) in [6.07, 6.45) is 1.97. The van der Waals surface area contributed by atoms with Crippen LogP contribution in [0.4, 0.5) is 11.5 Å². The van der Waals surface area contributed by atoms with Gasteiger partial charge in [0.1, 0.15) is 6.33 Å². The molecule has 0 saturated carbocycles. The number of anilines is 1. The van der Waals surface area contributed by atoms with Crippen molar-refractivity contribution in [3.8, 4) is 5.88 Å². The van der Waals surface area contributed by atoms with Crippen LogP contribution in [0.3, 0.4) is 0 Å². The molecule has 0 radical (unpaired) electrons. The minimum Gasteiger partial charge on any atom is -0.473 e. The van der Waals surface area contributed by atoms with Crippen molar-refractivity contribution in [1.29, 1.82) is 0 Å². The van der Waals surface area contributed by atoms with Gasteiger partial charge in [-0.25, -0.2) is 4.98 Å². The minimum atomic E-state index is -0.555. The largest absolute Gasteiger partial charge is 0.473 e. The monoisotopic (exact) mass is 256 g/mol. The average molecular weight is 256 g/mol. The molecule has 1 rings (SSSR count). The van der Waals surface area contributed by atoms with Gasteiger partial charge < -0.3 is 14.8 Å². The molecule has 8 heteroatoms. The Morgan fingerprint density at radius 1 is 1.44 bits per heavy atom. The summed E-state index contributed by atoms with van der Waals surface area (Å²) in [6.45, 7) is 3.12. The van der Waals surface area contributed by atoms with Crippen LogP contribution in [-0.4, -0.2) is 41.8 Å². The Labute approximate surface area is 104 Å². The smallest absolute Gasteiger partial charge is 0.372 e. The van der Waals surface area contributed by atoms with Crippen LogP contribution >= 0.6 is 0 Å². The second-order valence-electron chi connectivity index (χ2n) is 3.40. The van der Waals surface area contributed by atoms with Gasteiger partial charge in [0.25, 0.3) is 5.88 Å². The number of rotatable bonds is 8. The lowest BCUT2D eigenvalue weighted by Crippen LogP contribution is -2.12. The molecule has 0 spiro atoms. The van der Waals surface area contributed by atoms with E-state index >= 15 is 0 Å². The second-order valence-corrected chi connectivity index (χ2v) is 3.40. The van der Waals surface area contributed by atoms with Crippen LogP contribution in [0.2, 0.25) is 0 Å². The van der Waals surface area contributed by atoms with Gasteiger partial charge in [0.2, 0.25) is 5.82 Å². The van der Waals surface area contributed by atoms with Gasteiger partial charge in [-0.1, -0.05) is 6.92 Å². The molecule has 0 unspecified atom stereocenters. The summed E-state index contributed by atoms with van der Waals surface area (Å²) in [5.41, 5.74) is -0.248. The molecular weight excluding hydrogens is 240 g/mol. The highest BCUT2D eigenvalue weighted by Crippen LogP contribution is 2.30. The van der Waals surface area contributed by atoms with Gasteiger partial charge in [-0.3, -0.25) is 10.1 Å². The van der Waals surface area contributed by atoms with Crippen LogP contribution in [0.5, 0.6) is 5.88 Å². The molecule has 100 valence electrons. The number of nitrogens with zero attached hydrogens (tertiary/aromatic N) is 3. The van der Waals surface area contributed by atoms with Crippen molar-refractivity contribution >= 4 is 11.5 Å². The van der Waals surface area contributed by atoms with Crippen LogP contribution in [0.15, 0.2) is 6.33 Å². The molecule has 0 amide bonds. The van der Waals surface area contributed by atoms with Crippen LogP contribution in [0, 0.1) is 10.1 Å². The minimum absolute atomic E-state index is 0.0169. The Hall–Kier alpha value is -1.96. The molecule has 0 fully saturated rings. The Bertz CT molecular complexity index is 399. The number of hydrogen-bond donors (Lipinski definition) is 1. The third kappa shape index (κ3) is 3.81. The molecule has 0 aliphatic heterocycles. The zero-order valence-corrected chi connectivity index (χ0v) is 10.4. The van der Waals surface area contributed by atoms with E-state index in [1.807, 2.05) is 6.92 Å². The normalized spacial score (nSPS) is 10.1. The molecule has 0 atom stereocenters.